The van der Waals surface area contributed by atoms with E-state index in [0.29, 0.717) is 5.76 Å². The third-order valence-corrected chi connectivity index (χ3v) is 3.48. The van der Waals surface area contributed by atoms with Crippen LogP contribution in [0.25, 0.3) is 10.8 Å². The molecule has 0 saturated carbocycles. The summed E-state index contributed by atoms with van der Waals surface area (Å²) in [5, 5.41) is 2.27. The fraction of sp³-hybridized carbons (Fsp3) is 0.118. The second kappa shape index (κ2) is 4.85. The average Bonchev–Trinajstić information content (AvgIpc) is 2.91. The summed E-state index contributed by atoms with van der Waals surface area (Å²) in [7, 11) is 1.76. The maximum atomic E-state index is 12.4. The van der Waals surface area contributed by atoms with Crippen molar-refractivity contribution in [3.8, 4) is 0 Å². The Bertz CT molecular complexity index is 773. The molecule has 2 aromatic carbocycles. The molecular weight excluding hydrogens is 250 g/mol. The summed E-state index contributed by atoms with van der Waals surface area (Å²) in [5.41, 5.74) is 1.70. The molecule has 0 spiro atoms. The first kappa shape index (κ1) is 12.5. The summed E-state index contributed by atoms with van der Waals surface area (Å²) in [6, 6.07) is 15.8. The van der Waals surface area contributed by atoms with E-state index < -0.39 is 0 Å². The van der Waals surface area contributed by atoms with E-state index in [9.17, 15) is 4.79 Å². The first-order chi connectivity index (χ1) is 9.66. The Kier molecular flexibility index (Phi) is 3.03. The zero-order valence-corrected chi connectivity index (χ0v) is 11.5. The molecule has 0 unspecified atom stereocenters. The first-order valence-electron chi connectivity index (χ1n) is 6.48. The molecule has 0 aliphatic rings. The molecule has 20 heavy (non-hydrogen) atoms. The van der Waals surface area contributed by atoms with E-state index in [4.69, 9.17) is 4.42 Å². The van der Waals surface area contributed by atoms with Crippen LogP contribution in [-0.2, 0) is 0 Å². The summed E-state index contributed by atoms with van der Waals surface area (Å²) in [4.78, 5) is 14.0. The van der Waals surface area contributed by atoms with Crippen molar-refractivity contribution in [1.29, 1.82) is 0 Å². The van der Waals surface area contributed by atoms with Gasteiger partial charge >= 0.3 is 0 Å². The SMILES string of the molecule is Cc1ccoc1C(=O)N(C)c1ccc2ccccc2c1. The number of hydrogen-bond acceptors (Lipinski definition) is 2. The topological polar surface area (TPSA) is 33.5 Å². The zero-order chi connectivity index (χ0) is 14.1. The van der Waals surface area contributed by atoms with Gasteiger partial charge in [0.15, 0.2) is 5.76 Å². The summed E-state index contributed by atoms with van der Waals surface area (Å²) in [6.07, 6.45) is 1.54. The second-order valence-electron chi connectivity index (χ2n) is 4.83. The van der Waals surface area contributed by atoms with Crippen LogP contribution in [0.1, 0.15) is 16.1 Å². The van der Waals surface area contributed by atoms with Crippen molar-refractivity contribution in [3.05, 3.63) is 66.1 Å². The van der Waals surface area contributed by atoms with Gasteiger partial charge in [-0.2, -0.15) is 0 Å². The minimum Gasteiger partial charge on any atom is -0.459 e. The molecule has 0 saturated heterocycles. The summed E-state index contributed by atoms with van der Waals surface area (Å²) >= 11 is 0. The molecule has 0 aliphatic heterocycles. The third-order valence-electron chi connectivity index (χ3n) is 3.48. The molecule has 100 valence electrons. The molecule has 0 aliphatic carbocycles. The highest BCUT2D eigenvalue weighted by molar-refractivity contribution is 6.05. The highest BCUT2D eigenvalue weighted by Crippen LogP contribution is 2.23. The Morgan fingerprint density at radius 1 is 1.05 bits per heavy atom. The number of benzene rings is 2. The fourth-order valence-electron chi connectivity index (χ4n) is 2.25. The Labute approximate surface area is 117 Å². The summed E-state index contributed by atoms with van der Waals surface area (Å²) in [6.45, 7) is 1.87. The molecule has 0 N–H and O–H groups in total. The lowest BCUT2D eigenvalue weighted by Crippen LogP contribution is -2.26. The molecule has 1 heterocycles. The van der Waals surface area contributed by atoms with Crippen molar-refractivity contribution in [1.82, 2.24) is 0 Å². The molecule has 1 amide bonds. The normalized spacial score (nSPS) is 10.7. The van der Waals surface area contributed by atoms with Gasteiger partial charge in [-0.15, -0.1) is 0 Å². The molecular formula is C17H15NO2. The van der Waals surface area contributed by atoms with Gasteiger partial charge in [0.2, 0.25) is 0 Å². The van der Waals surface area contributed by atoms with Crippen molar-refractivity contribution >= 4 is 22.4 Å². The van der Waals surface area contributed by atoms with E-state index in [2.05, 4.69) is 6.07 Å². The van der Waals surface area contributed by atoms with Crippen LogP contribution in [0.3, 0.4) is 0 Å². The predicted octanol–water partition coefficient (Wildman–Crippen LogP) is 4.02. The molecule has 3 nitrogen and oxygen atoms in total. The first-order valence-corrected chi connectivity index (χ1v) is 6.48. The number of rotatable bonds is 2. The fourth-order valence-corrected chi connectivity index (χ4v) is 2.25. The lowest BCUT2D eigenvalue weighted by atomic mass is 10.1. The van der Waals surface area contributed by atoms with E-state index in [1.807, 2.05) is 43.3 Å². The minimum absolute atomic E-state index is 0.136. The van der Waals surface area contributed by atoms with Crippen LogP contribution in [0.15, 0.2) is 59.2 Å². The van der Waals surface area contributed by atoms with Crippen molar-refractivity contribution in [2.75, 3.05) is 11.9 Å². The van der Waals surface area contributed by atoms with E-state index in [0.717, 1.165) is 22.0 Å². The van der Waals surface area contributed by atoms with Crippen molar-refractivity contribution in [2.45, 2.75) is 6.92 Å². The number of furan rings is 1. The molecule has 0 bridgehead atoms. The standard InChI is InChI=1S/C17H15NO2/c1-12-9-10-20-16(12)17(19)18(2)15-8-7-13-5-3-4-6-14(13)11-15/h3-11H,1-2H3. The van der Waals surface area contributed by atoms with Crippen LogP contribution >= 0.6 is 0 Å². The van der Waals surface area contributed by atoms with Crippen LogP contribution in [0.5, 0.6) is 0 Å². The van der Waals surface area contributed by atoms with Gasteiger partial charge in [-0.1, -0.05) is 30.3 Å². The smallest absolute Gasteiger partial charge is 0.293 e. The van der Waals surface area contributed by atoms with Crippen LogP contribution in [0.4, 0.5) is 5.69 Å². The average molecular weight is 265 g/mol. The number of carbonyl (C=O) groups excluding carboxylic acids is 1. The minimum atomic E-state index is -0.136. The summed E-state index contributed by atoms with van der Waals surface area (Å²) < 4.78 is 5.26. The Morgan fingerprint density at radius 3 is 2.50 bits per heavy atom. The maximum absolute atomic E-state index is 12.4. The van der Waals surface area contributed by atoms with Gasteiger partial charge in [0.05, 0.1) is 6.26 Å². The number of amides is 1. The molecule has 0 fully saturated rings. The van der Waals surface area contributed by atoms with Crippen LogP contribution in [-0.4, -0.2) is 13.0 Å². The van der Waals surface area contributed by atoms with Gasteiger partial charge in [0.25, 0.3) is 5.91 Å². The molecule has 0 radical (unpaired) electrons. The van der Waals surface area contributed by atoms with E-state index in [-0.39, 0.29) is 5.91 Å². The number of carbonyl (C=O) groups is 1. The lowest BCUT2D eigenvalue weighted by Gasteiger charge is -2.17. The Morgan fingerprint density at radius 2 is 1.80 bits per heavy atom. The highest BCUT2D eigenvalue weighted by atomic mass is 16.3. The van der Waals surface area contributed by atoms with Gasteiger partial charge < -0.3 is 9.32 Å². The van der Waals surface area contributed by atoms with Crippen LogP contribution < -0.4 is 4.90 Å². The van der Waals surface area contributed by atoms with Gasteiger partial charge in [-0.25, -0.2) is 0 Å². The number of hydrogen-bond donors (Lipinski definition) is 0. The van der Waals surface area contributed by atoms with Gasteiger partial charge in [0, 0.05) is 18.3 Å². The zero-order valence-electron chi connectivity index (χ0n) is 11.5. The maximum Gasteiger partial charge on any atom is 0.293 e. The third kappa shape index (κ3) is 2.07. The van der Waals surface area contributed by atoms with E-state index in [1.165, 1.54) is 6.26 Å². The Balaban J connectivity index is 1.98. The number of nitrogens with zero attached hydrogens (tertiary/aromatic N) is 1. The van der Waals surface area contributed by atoms with Gasteiger partial charge in [0.1, 0.15) is 0 Å². The molecule has 0 atom stereocenters. The molecule has 3 rings (SSSR count). The quantitative estimate of drug-likeness (QED) is 0.701. The predicted molar refractivity (Wildman–Crippen MR) is 80.1 cm³/mol. The molecule has 3 aromatic rings. The van der Waals surface area contributed by atoms with Gasteiger partial charge in [-0.05, 0) is 35.9 Å². The van der Waals surface area contributed by atoms with Crippen LogP contribution in [0.2, 0.25) is 0 Å². The second-order valence-corrected chi connectivity index (χ2v) is 4.83. The lowest BCUT2D eigenvalue weighted by molar-refractivity contribution is 0.0965. The highest BCUT2D eigenvalue weighted by Gasteiger charge is 2.18. The molecule has 3 heteroatoms. The Hall–Kier alpha value is -2.55. The number of aryl methyl sites for hydroxylation is 1. The van der Waals surface area contributed by atoms with E-state index >= 15 is 0 Å². The van der Waals surface area contributed by atoms with Crippen molar-refractivity contribution in [3.63, 3.8) is 0 Å². The molecule has 1 aromatic heterocycles. The largest absolute Gasteiger partial charge is 0.459 e. The van der Waals surface area contributed by atoms with E-state index in [1.54, 1.807) is 18.0 Å². The van der Waals surface area contributed by atoms with Crippen molar-refractivity contribution in [2.24, 2.45) is 0 Å². The summed E-state index contributed by atoms with van der Waals surface area (Å²) in [5.74, 6) is 0.253. The number of anilines is 1. The van der Waals surface area contributed by atoms with Crippen molar-refractivity contribution < 1.29 is 9.21 Å². The van der Waals surface area contributed by atoms with Gasteiger partial charge in [-0.3, -0.25) is 4.79 Å². The monoisotopic (exact) mass is 265 g/mol. The van der Waals surface area contributed by atoms with Crippen LogP contribution in [0, 0.1) is 6.92 Å². The number of fused-ring (bicyclic) bond motifs is 1.